The minimum atomic E-state index is -0.210. The minimum Gasteiger partial charge on any atom is -0.468 e. The summed E-state index contributed by atoms with van der Waals surface area (Å²) < 4.78 is 18.1. The number of benzene rings is 1. The molecule has 0 aliphatic rings. The van der Waals surface area contributed by atoms with E-state index in [-0.39, 0.29) is 5.82 Å². The van der Waals surface area contributed by atoms with Crippen LogP contribution in [0.3, 0.4) is 0 Å². The van der Waals surface area contributed by atoms with Gasteiger partial charge in [-0.15, -0.1) is 0 Å². The van der Waals surface area contributed by atoms with E-state index in [1.165, 1.54) is 12.1 Å². The molecule has 4 heteroatoms. The molecule has 2 nitrogen and oxygen atoms in total. The summed E-state index contributed by atoms with van der Waals surface area (Å²) in [5.74, 6) is 2.61. The van der Waals surface area contributed by atoms with Crippen molar-refractivity contribution in [3.05, 3.63) is 54.2 Å². The standard InChI is InChI=1S/C13H14FNOS/c14-11-3-1-4-12(9-11)15-6-8-17-10-13-5-2-7-16-13/h1-5,7,9,15H,6,8,10H2. The van der Waals surface area contributed by atoms with Gasteiger partial charge < -0.3 is 9.73 Å². The second-order valence-corrected chi connectivity index (χ2v) is 4.67. The van der Waals surface area contributed by atoms with Crippen molar-refractivity contribution in [1.29, 1.82) is 0 Å². The Balaban J connectivity index is 1.63. The van der Waals surface area contributed by atoms with Gasteiger partial charge in [0.05, 0.1) is 12.0 Å². The predicted octanol–water partition coefficient (Wildman–Crippen LogP) is 3.76. The van der Waals surface area contributed by atoms with Gasteiger partial charge in [0.25, 0.3) is 0 Å². The monoisotopic (exact) mass is 251 g/mol. The van der Waals surface area contributed by atoms with Gasteiger partial charge in [0.15, 0.2) is 0 Å². The molecule has 1 heterocycles. The number of furan rings is 1. The summed E-state index contributed by atoms with van der Waals surface area (Å²) in [4.78, 5) is 0. The second kappa shape index (κ2) is 6.35. The van der Waals surface area contributed by atoms with Crippen molar-refractivity contribution in [2.75, 3.05) is 17.6 Å². The van der Waals surface area contributed by atoms with Gasteiger partial charge >= 0.3 is 0 Å². The van der Waals surface area contributed by atoms with E-state index >= 15 is 0 Å². The normalized spacial score (nSPS) is 10.4. The lowest BCUT2D eigenvalue weighted by Crippen LogP contribution is -2.04. The first-order valence-corrected chi connectivity index (χ1v) is 6.59. The maximum Gasteiger partial charge on any atom is 0.125 e. The number of anilines is 1. The van der Waals surface area contributed by atoms with E-state index in [4.69, 9.17) is 4.42 Å². The van der Waals surface area contributed by atoms with Crippen LogP contribution in [-0.4, -0.2) is 12.3 Å². The number of halogens is 1. The highest BCUT2D eigenvalue weighted by atomic mass is 32.2. The number of hydrogen-bond acceptors (Lipinski definition) is 3. The maximum absolute atomic E-state index is 12.9. The zero-order chi connectivity index (χ0) is 11.9. The quantitative estimate of drug-likeness (QED) is 0.791. The number of thioether (sulfide) groups is 1. The molecular weight excluding hydrogens is 237 g/mol. The average molecular weight is 251 g/mol. The van der Waals surface area contributed by atoms with Crippen LogP contribution in [0.2, 0.25) is 0 Å². The topological polar surface area (TPSA) is 25.2 Å². The summed E-state index contributed by atoms with van der Waals surface area (Å²) >= 11 is 1.78. The Kier molecular flexibility index (Phi) is 4.50. The summed E-state index contributed by atoms with van der Waals surface area (Å²) in [7, 11) is 0. The molecule has 1 aromatic carbocycles. The second-order valence-electron chi connectivity index (χ2n) is 3.57. The molecular formula is C13H14FNOS. The molecule has 0 atom stereocenters. The van der Waals surface area contributed by atoms with Crippen LogP contribution >= 0.6 is 11.8 Å². The molecule has 0 aliphatic carbocycles. The SMILES string of the molecule is Fc1cccc(NCCSCc2ccco2)c1. The summed E-state index contributed by atoms with van der Waals surface area (Å²) in [6.45, 7) is 0.814. The molecule has 0 amide bonds. The molecule has 1 N–H and O–H groups in total. The van der Waals surface area contributed by atoms with Crippen LogP contribution in [0.5, 0.6) is 0 Å². The van der Waals surface area contributed by atoms with Gasteiger partial charge in [-0.25, -0.2) is 4.39 Å². The van der Waals surface area contributed by atoms with E-state index in [0.717, 1.165) is 29.5 Å². The minimum absolute atomic E-state index is 0.210. The zero-order valence-electron chi connectivity index (χ0n) is 9.36. The molecule has 0 unspecified atom stereocenters. The van der Waals surface area contributed by atoms with Gasteiger partial charge in [-0.1, -0.05) is 6.07 Å². The lowest BCUT2D eigenvalue weighted by atomic mass is 10.3. The number of nitrogens with one attached hydrogen (secondary N) is 1. The van der Waals surface area contributed by atoms with Crippen molar-refractivity contribution >= 4 is 17.4 Å². The molecule has 1 aromatic heterocycles. The highest BCUT2D eigenvalue weighted by Crippen LogP contribution is 2.13. The Morgan fingerprint density at radius 2 is 2.18 bits per heavy atom. The lowest BCUT2D eigenvalue weighted by molar-refractivity contribution is 0.530. The van der Waals surface area contributed by atoms with Gasteiger partial charge in [-0.3, -0.25) is 0 Å². The summed E-state index contributed by atoms with van der Waals surface area (Å²) in [5, 5.41) is 3.17. The lowest BCUT2D eigenvalue weighted by Gasteiger charge is -2.05. The molecule has 0 saturated heterocycles. The fraction of sp³-hybridized carbons (Fsp3) is 0.231. The van der Waals surface area contributed by atoms with E-state index in [9.17, 15) is 4.39 Å². The predicted molar refractivity (Wildman–Crippen MR) is 69.8 cm³/mol. The molecule has 0 radical (unpaired) electrons. The van der Waals surface area contributed by atoms with Gasteiger partial charge in [0, 0.05) is 18.0 Å². The van der Waals surface area contributed by atoms with E-state index in [2.05, 4.69) is 5.32 Å². The van der Waals surface area contributed by atoms with Crippen molar-refractivity contribution in [3.8, 4) is 0 Å². The summed E-state index contributed by atoms with van der Waals surface area (Å²) in [6.07, 6.45) is 1.68. The van der Waals surface area contributed by atoms with Crippen LogP contribution < -0.4 is 5.32 Å². The van der Waals surface area contributed by atoms with Gasteiger partial charge in [0.2, 0.25) is 0 Å². The van der Waals surface area contributed by atoms with Crippen molar-refractivity contribution < 1.29 is 8.81 Å². The van der Waals surface area contributed by atoms with Crippen molar-refractivity contribution in [1.82, 2.24) is 0 Å². The first kappa shape index (κ1) is 12.0. The van der Waals surface area contributed by atoms with E-state index in [0.29, 0.717) is 0 Å². The molecule has 0 saturated carbocycles. The maximum atomic E-state index is 12.9. The fourth-order valence-corrected chi connectivity index (χ4v) is 2.19. The Morgan fingerprint density at radius 3 is 2.94 bits per heavy atom. The summed E-state index contributed by atoms with van der Waals surface area (Å²) in [6, 6.07) is 10.4. The molecule has 0 spiro atoms. The summed E-state index contributed by atoms with van der Waals surface area (Å²) in [5.41, 5.74) is 0.823. The average Bonchev–Trinajstić information content (AvgIpc) is 2.82. The van der Waals surface area contributed by atoms with Crippen LogP contribution in [0, 0.1) is 5.82 Å². The molecule has 2 aromatic rings. The van der Waals surface area contributed by atoms with Crippen molar-refractivity contribution in [2.45, 2.75) is 5.75 Å². The Bertz CT molecular complexity index is 444. The third-order valence-corrected chi connectivity index (χ3v) is 3.21. The first-order chi connectivity index (χ1) is 8.34. The number of rotatable bonds is 6. The number of hydrogen-bond donors (Lipinski definition) is 1. The third-order valence-electron chi connectivity index (χ3n) is 2.22. The highest BCUT2D eigenvalue weighted by molar-refractivity contribution is 7.98. The van der Waals surface area contributed by atoms with Crippen LogP contribution in [0.4, 0.5) is 10.1 Å². The molecule has 90 valence electrons. The first-order valence-electron chi connectivity index (χ1n) is 5.44. The van der Waals surface area contributed by atoms with E-state index < -0.39 is 0 Å². The van der Waals surface area contributed by atoms with Gasteiger partial charge in [-0.2, -0.15) is 11.8 Å². The van der Waals surface area contributed by atoms with Crippen LogP contribution in [0.25, 0.3) is 0 Å². The van der Waals surface area contributed by atoms with Gasteiger partial charge in [-0.05, 0) is 30.3 Å². The molecule has 2 rings (SSSR count). The molecule has 0 bridgehead atoms. The van der Waals surface area contributed by atoms with Crippen LogP contribution in [0.1, 0.15) is 5.76 Å². The Hall–Kier alpha value is -1.42. The fourth-order valence-electron chi connectivity index (χ4n) is 1.43. The van der Waals surface area contributed by atoms with E-state index in [1.807, 2.05) is 18.2 Å². The zero-order valence-corrected chi connectivity index (χ0v) is 10.2. The largest absolute Gasteiger partial charge is 0.468 e. The van der Waals surface area contributed by atoms with Crippen LogP contribution in [0.15, 0.2) is 47.1 Å². The molecule has 0 aliphatic heterocycles. The Morgan fingerprint density at radius 1 is 1.24 bits per heavy atom. The molecule has 17 heavy (non-hydrogen) atoms. The smallest absolute Gasteiger partial charge is 0.125 e. The van der Waals surface area contributed by atoms with Crippen molar-refractivity contribution in [2.24, 2.45) is 0 Å². The van der Waals surface area contributed by atoms with E-state index in [1.54, 1.807) is 24.1 Å². The molecule has 0 fully saturated rings. The van der Waals surface area contributed by atoms with Crippen molar-refractivity contribution in [3.63, 3.8) is 0 Å². The van der Waals surface area contributed by atoms with Gasteiger partial charge in [0.1, 0.15) is 11.6 Å². The van der Waals surface area contributed by atoms with Crippen LogP contribution in [-0.2, 0) is 5.75 Å². The highest BCUT2D eigenvalue weighted by Gasteiger charge is 1.97. The Labute approximate surface area is 104 Å². The third kappa shape index (κ3) is 4.15.